The second-order valence-electron chi connectivity index (χ2n) is 4.52. The largest absolute Gasteiger partial charge is 0.388 e. The van der Waals surface area contributed by atoms with Gasteiger partial charge in [-0.05, 0) is 30.7 Å². The van der Waals surface area contributed by atoms with E-state index in [1.807, 2.05) is 42.1 Å². The molecule has 1 aliphatic heterocycles. The fraction of sp³-hybridized carbons (Fsp3) is 0.571. The molecule has 1 aromatic rings. The first-order valence-electron chi connectivity index (χ1n) is 6.39. The number of hydrogen-bond acceptors (Lipinski definition) is 3. The zero-order valence-electron chi connectivity index (χ0n) is 10.2. The molecule has 1 saturated heterocycles. The van der Waals surface area contributed by atoms with Crippen molar-refractivity contribution in [1.82, 2.24) is 4.90 Å². The molecule has 0 spiro atoms. The molecule has 1 aromatic carbocycles. The maximum atomic E-state index is 10.1. The molecule has 0 aliphatic carbocycles. The van der Waals surface area contributed by atoms with E-state index in [0.717, 1.165) is 18.5 Å². The molecule has 1 aliphatic rings. The predicted molar refractivity (Wildman–Crippen MR) is 74.4 cm³/mol. The van der Waals surface area contributed by atoms with E-state index < -0.39 is 0 Å². The van der Waals surface area contributed by atoms with E-state index in [9.17, 15) is 5.11 Å². The molecule has 0 bridgehead atoms. The summed E-state index contributed by atoms with van der Waals surface area (Å²) in [6.45, 7) is 3.37. The lowest BCUT2D eigenvalue weighted by molar-refractivity contribution is 0.144. The van der Waals surface area contributed by atoms with Crippen LogP contribution in [0.3, 0.4) is 0 Å². The molecular weight excluding hydrogens is 230 g/mol. The summed E-state index contributed by atoms with van der Waals surface area (Å²) in [4.78, 5) is 2.48. The highest BCUT2D eigenvalue weighted by Gasteiger charge is 2.12. The minimum atomic E-state index is -0.313. The third kappa shape index (κ3) is 4.34. The Bertz CT molecular complexity index is 309. The average Bonchev–Trinajstić information content (AvgIpc) is 2.65. The molecule has 1 N–H and O–H groups in total. The Hall–Kier alpha value is -0.510. The van der Waals surface area contributed by atoms with E-state index in [-0.39, 0.29) is 6.10 Å². The monoisotopic (exact) mass is 251 g/mol. The summed E-state index contributed by atoms with van der Waals surface area (Å²) in [7, 11) is 0. The van der Waals surface area contributed by atoms with E-state index in [4.69, 9.17) is 0 Å². The maximum Gasteiger partial charge on any atom is 0.0802 e. The van der Waals surface area contributed by atoms with Gasteiger partial charge in [0.2, 0.25) is 0 Å². The van der Waals surface area contributed by atoms with Gasteiger partial charge in [-0.1, -0.05) is 30.3 Å². The van der Waals surface area contributed by atoms with Gasteiger partial charge in [0, 0.05) is 18.8 Å². The summed E-state index contributed by atoms with van der Waals surface area (Å²) in [6.07, 6.45) is 1.81. The molecule has 0 radical (unpaired) electrons. The molecule has 1 heterocycles. The van der Waals surface area contributed by atoms with Crippen LogP contribution in [0, 0.1) is 0 Å². The fourth-order valence-electron chi connectivity index (χ4n) is 2.17. The van der Waals surface area contributed by atoms with E-state index >= 15 is 0 Å². The minimum absolute atomic E-state index is 0.313. The van der Waals surface area contributed by atoms with Gasteiger partial charge in [-0.2, -0.15) is 11.8 Å². The Morgan fingerprint density at radius 1 is 1.18 bits per heavy atom. The number of nitrogens with zero attached hydrogens (tertiary/aromatic N) is 1. The minimum Gasteiger partial charge on any atom is -0.388 e. The Morgan fingerprint density at radius 3 is 2.82 bits per heavy atom. The second-order valence-corrected chi connectivity index (χ2v) is 5.75. The van der Waals surface area contributed by atoms with E-state index in [0.29, 0.717) is 0 Å². The normalized spacial score (nSPS) is 19.8. The molecule has 17 heavy (non-hydrogen) atoms. The average molecular weight is 251 g/mol. The van der Waals surface area contributed by atoms with Gasteiger partial charge in [-0.15, -0.1) is 0 Å². The Morgan fingerprint density at radius 2 is 2.00 bits per heavy atom. The number of hydrogen-bond donors (Lipinski definition) is 1. The van der Waals surface area contributed by atoms with Crippen LogP contribution in [0.15, 0.2) is 30.3 Å². The van der Waals surface area contributed by atoms with Gasteiger partial charge in [-0.25, -0.2) is 0 Å². The Labute approximate surface area is 108 Å². The van der Waals surface area contributed by atoms with Crippen molar-refractivity contribution < 1.29 is 5.11 Å². The van der Waals surface area contributed by atoms with Crippen molar-refractivity contribution in [2.24, 2.45) is 0 Å². The zero-order valence-corrected chi connectivity index (χ0v) is 11.0. The van der Waals surface area contributed by atoms with Crippen LogP contribution in [-0.4, -0.2) is 41.1 Å². The molecule has 0 aromatic heterocycles. The highest BCUT2D eigenvalue weighted by molar-refractivity contribution is 7.99. The molecule has 0 amide bonds. The molecule has 0 saturated carbocycles. The van der Waals surface area contributed by atoms with Gasteiger partial charge >= 0.3 is 0 Å². The first-order chi connectivity index (χ1) is 8.36. The first kappa shape index (κ1) is 12.9. The highest BCUT2D eigenvalue weighted by Crippen LogP contribution is 2.17. The Balaban J connectivity index is 1.77. The Kier molecular flexibility index (Phi) is 5.36. The van der Waals surface area contributed by atoms with Crippen LogP contribution in [0.25, 0.3) is 0 Å². The van der Waals surface area contributed by atoms with Crippen molar-refractivity contribution in [1.29, 1.82) is 0 Å². The van der Waals surface area contributed by atoms with Crippen LogP contribution >= 0.6 is 11.8 Å². The molecule has 3 heteroatoms. The van der Waals surface area contributed by atoms with Gasteiger partial charge in [-0.3, -0.25) is 0 Å². The fourth-order valence-corrected chi connectivity index (χ4v) is 3.09. The smallest absolute Gasteiger partial charge is 0.0802 e. The predicted octanol–water partition coefficient (Wildman–Crippen LogP) is 2.55. The van der Waals surface area contributed by atoms with Crippen LogP contribution in [-0.2, 0) is 0 Å². The van der Waals surface area contributed by atoms with Crippen molar-refractivity contribution in [3.8, 4) is 0 Å². The molecule has 94 valence electrons. The zero-order chi connectivity index (χ0) is 11.9. The number of benzene rings is 1. The second kappa shape index (κ2) is 7.04. The van der Waals surface area contributed by atoms with Crippen molar-refractivity contribution in [2.45, 2.75) is 18.9 Å². The number of aliphatic hydroxyl groups is 1. The van der Waals surface area contributed by atoms with Gasteiger partial charge < -0.3 is 10.0 Å². The van der Waals surface area contributed by atoms with Crippen molar-refractivity contribution in [3.63, 3.8) is 0 Å². The maximum absolute atomic E-state index is 10.1. The molecule has 2 rings (SSSR count). The van der Waals surface area contributed by atoms with Crippen LogP contribution in [0.1, 0.15) is 24.5 Å². The first-order valence-corrected chi connectivity index (χ1v) is 7.55. The van der Waals surface area contributed by atoms with E-state index in [2.05, 4.69) is 4.90 Å². The quantitative estimate of drug-likeness (QED) is 0.889. The van der Waals surface area contributed by atoms with Gasteiger partial charge in [0.1, 0.15) is 0 Å². The van der Waals surface area contributed by atoms with Gasteiger partial charge in [0.15, 0.2) is 0 Å². The lowest BCUT2D eigenvalue weighted by atomic mass is 10.1. The molecule has 1 fully saturated rings. The van der Waals surface area contributed by atoms with Crippen LogP contribution in [0.4, 0.5) is 0 Å². The van der Waals surface area contributed by atoms with Gasteiger partial charge in [0.05, 0.1) is 6.10 Å². The summed E-state index contributed by atoms with van der Waals surface area (Å²) >= 11 is 2.05. The molecule has 2 nitrogen and oxygen atoms in total. The van der Waals surface area contributed by atoms with Crippen molar-refractivity contribution in [2.75, 3.05) is 31.1 Å². The summed E-state index contributed by atoms with van der Waals surface area (Å²) in [5.41, 5.74) is 1.04. The summed E-state index contributed by atoms with van der Waals surface area (Å²) in [5, 5.41) is 10.1. The third-order valence-corrected chi connectivity index (χ3v) is 4.27. The van der Waals surface area contributed by atoms with Crippen molar-refractivity contribution in [3.05, 3.63) is 35.9 Å². The molecular formula is C14H21NOS. The lowest BCUT2D eigenvalue weighted by Gasteiger charge is -2.21. The van der Waals surface area contributed by atoms with Gasteiger partial charge in [0.25, 0.3) is 0 Å². The van der Waals surface area contributed by atoms with Crippen LogP contribution in [0.5, 0.6) is 0 Å². The van der Waals surface area contributed by atoms with Crippen LogP contribution < -0.4 is 0 Å². The summed E-state index contributed by atoms with van der Waals surface area (Å²) in [6, 6.07) is 9.97. The van der Waals surface area contributed by atoms with E-state index in [1.165, 1.54) is 31.0 Å². The SMILES string of the molecule is OC(CCN1CCCSCC1)c1ccccc1. The number of thioether (sulfide) groups is 1. The topological polar surface area (TPSA) is 23.5 Å². The van der Waals surface area contributed by atoms with Crippen molar-refractivity contribution >= 4 is 11.8 Å². The lowest BCUT2D eigenvalue weighted by Crippen LogP contribution is -2.28. The van der Waals surface area contributed by atoms with E-state index in [1.54, 1.807) is 0 Å². The highest BCUT2D eigenvalue weighted by atomic mass is 32.2. The van der Waals surface area contributed by atoms with Crippen LogP contribution in [0.2, 0.25) is 0 Å². The summed E-state index contributed by atoms with van der Waals surface area (Å²) in [5.74, 6) is 2.53. The number of rotatable bonds is 4. The number of aliphatic hydroxyl groups excluding tert-OH is 1. The molecule has 1 atom stereocenters. The standard InChI is InChI=1S/C14H21NOS/c16-14(13-5-2-1-3-6-13)7-9-15-8-4-11-17-12-10-15/h1-3,5-6,14,16H,4,7-12H2. The third-order valence-electron chi connectivity index (χ3n) is 3.22. The molecule has 1 unspecified atom stereocenters. The summed E-state index contributed by atoms with van der Waals surface area (Å²) < 4.78 is 0.